The van der Waals surface area contributed by atoms with Gasteiger partial charge in [-0.1, -0.05) is 5.16 Å². The zero-order valence-corrected chi connectivity index (χ0v) is 9.11. The summed E-state index contributed by atoms with van der Waals surface area (Å²) in [5, 5.41) is 7.08. The summed E-state index contributed by atoms with van der Waals surface area (Å²) in [5.74, 6) is 1.38. The van der Waals surface area contributed by atoms with Gasteiger partial charge in [-0.15, -0.1) is 0 Å². The highest BCUT2D eigenvalue weighted by Crippen LogP contribution is 2.40. The van der Waals surface area contributed by atoms with Crippen molar-refractivity contribution in [3.8, 4) is 0 Å². The number of carbonyl (C=O) groups is 1. The first-order valence-corrected chi connectivity index (χ1v) is 5.81. The molecule has 16 heavy (non-hydrogen) atoms. The molecule has 2 aliphatic rings. The number of amides is 1. The van der Waals surface area contributed by atoms with Crippen LogP contribution < -0.4 is 5.32 Å². The Hall–Kier alpha value is -1.36. The normalized spacial score (nSPS) is 21.1. The molecule has 1 aromatic heterocycles. The lowest BCUT2D eigenvalue weighted by Gasteiger charge is -2.26. The lowest BCUT2D eigenvalue weighted by molar-refractivity contribution is 0.0725. The molecule has 0 spiro atoms. The fourth-order valence-corrected chi connectivity index (χ4v) is 1.98. The molecule has 0 aromatic carbocycles. The minimum atomic E-state index is -0.00264. The second kappa shape index (κ2) is 3.90. The van der Waals surface area contributed by atoms with Crippen molar-refractivity contribution in [3.05, 3.63) is 17.5 Å². The zero-order valence-electron chi connectivity index (χ0n) is 9.11. The minimum absolute atomic E-state index is 0.00264. The number of nitrogens with zero attached hydrogens (tertiary/aromatic N) is 2. The van der Waals surface area contributed by atoms with Crippen LogP contribution in [0.5, 0.6) is 0 Å². The summed E-state index contributed by atoms with van der Waals surface area (Å²) in [6, 6.07) is 1.81. The zero-order chi connectivity index (χ0) is 11.0. The average Bonchev–Trinajstić information content (AvgIpc) is 3.08. The van der Waals surface area contributed by atoms with Crippen LogP contribution in [0.25, 0.3) is 0 Å². The summed E-state index contributed by atoms with van der Waals surface area (Å²) in [7, 11) is 0. The molecule has 3 rings (SSSR count). The van der Waals surface area contributed by atoms with E-state index in [-0.39, 0.29) is 5.91 Å². The van der Waals surface area contributed by atoms with Crippen molar-refractivity contribution < 1.29 is 9.32 Å². The molecular formula is C11H15N3O2. The second-order valence-electron chi connectivity index (χ2n) is 4.43. The standard InChI is InChI=1S/C11H15N3O2/c15-11(14-5-3-12-4-6-14)9-7-10(16-13-9)8-1-2-8/h7-8,12H,1-6H2. The van der Waals surface area contributed by atoms with Crippen molar-refractivity contribution >= 4 is 5.91 Å². The maximum Gasteiger partial charge on any atom is 0.276 e. The fourth-order valence-electron chi connectivity index (χ4n) is 1.98. The molecule has 1 saturated heterocycles. The Kier molecular flexibility index (Phi) is 2.40. The molecule has 86 valence electrons. The molecule has 1 saturated carbocycles. The average molecular weight is 221 g/mol. The number of hydrogen-bond acceptors (Lipinski definition) is 4. The van der Waals surface area contributed by atoms with Gasteiger partial charge in [0.2, 0.25) is 0 Å². The first kappa shape index (κ1) is 9.84. The highest BCUT2D eigenvalue weighted by molar-refractivity contribution is 5.92. The maximum absolute atomic E-state index is 12.0. The van der Waals surface area contributed by atoms with Crippen LogP contribution in [-0.2, 0) is 0 Å². The first-order chi connectivity index (χ1) is 7.84. The van der Waals surface area contributed by atoms with E-state index in [2.05, 4.69) is 10.5 Å². The smallest absolute Gasteiger partial charge is 0.276 e. The largest absolute Gasteiger partial charge is 0.360 e. The van der Waals surface area contributed by atoms with Gasteiger partial charge in [0.05, 0.1) is 0 Å². The van der Waals surface area contributed by atoms with E-state index in [1.807, 2.05) is 11.0 Å². The van der Waals surface area contributed by atoms with Crippen molar-refractivity contribution in [1.82, 2.24) is 15.4 Å². The van der Waals surface area contributed by atoms with Crippen molar-refractivity contribution in [2.24, 2.45) is 0 Å². The lowest BCUT2D eigenvalue weighted by Crippen LogP contribution is -2.46. The van der Waals surface area contributed by atoms with Crippen LogP contribution in [0.4, 0.5) is 0 Å². The van der Waals surface area contributed by atoms with Gasteiger partial charge in [0.15, 0.2) is 5.69 Å². The van der Waals surface area contributed by atoms with E-state index in [9.17, 15) is 4.79 Å². The molecule has 2 heterocycles. The van der Waals surface area contributed by atoms with E-state index in [4.69, 9.17) is 4.52 Å². The highest BCUT2D eigenvalue weighted by atomic mass is 16.5. The van der Waals surface area contributed by atoms with Crippen LogP contribution in [0.1, 0.15) is 35.0 Å². The number of carbonyl (C=O) groups excluding carboxylic acids is 1. The first-order valence-electron chi connectivity index (χ1n) is 5.81. The molecule has 0 atom stereocenters. The molecule has 5 heteroatoms. The summed E-state index contributed by atoms with van der Waals surface area (Å²) >= 11 is 0. The molecule has 1 aliphatic heterocycles. The number of piperazine rings is 1. The predicted octanol–water partition coefficient (Wildman–Crippen LogP) is 0.597. The Morgan fingerprint density at radius 3 is 2.88 bits per heavy atom. The van der Waals surface area contributed by atoms with Gasteiger partial charge >= 0.3 is 0 Å². The molecule has 1 N–H and O–H groups in total. The fraction of sp³-hybridized carbons (Fsp3) is 0.636. The number of aromatic nitrogens is 1. The molecule has 1 aromatic rings. The van der Waals surface area contributed by atoms with Gasteiger partial charge in [0.25, 0.3) is 5.91 Å². The number of hydrogen-bond donors (Lipinski definition) is 1. The van der Waals surface area contributed by atoms with Gasteiger partial charge in [-0.25, -0.2) is 0 Å². The van der Waals surface area contributed by atoms with E-state index < -0.39 is 0 Å². The lowest BCUT2D eigenvalue weighted by atomic mass is 10.2. The Balaban J connectivity index is 1.71. The van der Waals surface area contributed by atoms with Crippen molar-refractivity contribution in [3.63, 3.8) is 0 Å². The minimum Gasteiger partial charge on any atom is -0.360 e. The molecular weight excluding hydrogens is 206 g/mol. The number of nitrogens with one attached hydrogen (secondary N) is 1. The van der Waals surface area contributed by atoms with Gasteiger partial charge in [-0.3, -0.25) is 4.79 Å². The van der Waals surface area contributed by atoms with Crippen molar-refractivity contribution in [1.29, 1.82) is 0 Å². The van der Waals surface area contributed by atoms with Gasteiger partial charge in [0.1, 0.15) is 5.76 Å². The van der Waals surface area contributed by atoms with Gasteiger partial charge in [0, 0.05) is 38.2 Å². The van der Waals surface area contributed by atoms with Crippen LogP contribution in [-0.4, -0.2) is 42.1 Å². The van der Waals surface area contributed by atoms with Crippen LogP contribution in [0.3, 0.4) is 0 Å². The van der Waals surface area contributed by atoms with E-state index in [0.29, 0.717) is 11.6 Å². The molecule has 1 aliphatic carbocycles. The predicted molar refractivity (Wildman–Crippen MR) is 57.3 cm³/mol. The monoisotopic (exact) mass is 221 g/mol. The van der Waals surface area contributed by atoms with E-state index in [1.165, 1.54) is 0 Å². The topological polar surface area (TPSA) is 58.4 Å². The van der Waals surface area contributed by atoms with Crippen molar-refractivity contribution in [2.75, 3.05) is 26.2 Å². The van der Waals surface area contributed by atoms with Crippen LogP contribution >= 0.6 is 0 Å². The van der Waals surface area contributed by atoms with Crippen molar-refractivity contribution in [2.45, 2.75) is 18.8 Å². The van der Waals surface area contributed by atoms with E-state index in [0.717, 1.165) is 44.8 Å². The SMILES string of the molecule is O=C(c1cc(C2CC2)on1)N1CCNCC1. The van der Waals surface area contributed by atoms with Crippen LogP contribution in [0, 0.1) is 0 Å². The molecule has 2 fully saturated rings. The Bertz CT molecular complexity index is 392. The molecule has 5 nitrogen and oxygen atoms in total. The molecule has 0 bridgehead atoms. The Labute approximate surface area is 93.8 Å². The Morgan fingerprint density at radius 2 is 2.19 bits per heavy atom. The molecule has 1 amide bonds. The maximum atomic E-state index is 12.0. The summed E-state index contributed by atoms with van der Waals surface area (Å²) in [6.45, 7) is 3.23. The summed E-state index contributed by atoms with van der Waals surface area (Å²) in [5.41, 5.74) is 0.462. The van der Waals surface area contributed by atoms with Gasteiger partial charge in [-0.05, 0) is 12.8 Å². The quantitative estimate of drug-likeness (QED) is 0.794. The second-order valence-corrected chi connectivity index (χ2v) is 4.43. The summed E-state index contributed by atoms with van der Waals surface area (Å²) in [6.07, 6.45) is 2.33. The van der Waals surface area contributed by atoms with Crippen LogP contribution in [0.15, 0.2) is 10.6 Å². The highest BCUT2D eigenvalue weighted by Gasteiger charge is 2.30. The van der Waals surface area contributed by atoms with Crippen LogP contribution in [0.2, 0.25) is 0 Å². The van der Waals surface area contributed by atoms with E-state index in [1.54, 1.807) is 0 Å². The summed E-state index contributed by atoms with van der Waals surface area (Å²) in [4.78, 5) is 13.9. The third-order valence-electron chi connectivity index (χ3n) is 3.13. The van der Waals surface area contributed by atoms with E-state index >= 15 is 0 Å². The van der Waals surface area contributed by atoms with Gasteiger partial charge < -0.3 is 14.7 Å². The molecule has 0 unspecified atom stereocenters. The Morgan fingerprint density at radius 1 is 1.44 bits per heavy atom. The summed E-state index contributed by atoms with van der Waals surface area (Å²) < 4.78 is 5.19. The molecule has 0 radical (unpaired) electrons. The number of rotatable bonds is 2. The third-order valence-corrected chi connectivity index (χ3v) is 3.13. The van der Waals surface area contributed by atoms with Gasteiger partial charge in [-0.2, -0.15) is 0 Å². The third kappa shape index (κ3) is 1.82.